The molecule has 0 radical (unpaired) electrons. The Hall–Kier alpha value is -3.71. The van der Waals surface area contributed by atoms with Crippen LogP contribution in [0.4, 0.5) is 0 Å². The third-order valence-electron chi connectivity index (χ3n) is 3.53. The first kappa shape index (κ1) is 19.1. The van der Waals surface area contributed by atoms with E-state index in [4.69, 9.17) is 15.6 Å². The molecule has 10 heteroatoms. The lowest BCUT2D eigenvalue weighted by atomic mass is 10.4. The SMILES string of the molecule is O/N=C/c1cccc(P(c2cccc(/C=N/O)n2)c2cccc(/C=N/O)n2)n1. The van der Waals surface area contributed by atoms with Gasteiger partial charge in [0.1, 0.15) is 0 Å². The van der Waals surface area contributed by atoms with Crippen molar-refractivity contribution in [3.63, 3.8) is 0 Å². The maximum atomic E-state index is 8.81. The highest BCUT2D eigenvalue weighted by Gasteiger charge is 2.21. The summed E-state index contributed by atoms with van der Waals surface area (Å²) in [5.41, 5.74) is 3.49. The van der Waals surface area contributed by atoms with Gasteiger partial charge in [-0.25, -0.2) is 15.0 Å². The second-order valence-electron chi connectivity index (χ2n) is 5.33. The van der Waals surface area contributed by atoms with Crippen molar-refractivity contribution in [3.8, 4) is 0 Å². The minimum atomic E-state index is -1.29. The molecule has 0 unspecified atom stereocenters. The van der Waals surface area contributed by atoms with E-state index in [1.807, 2.05) is 18.2 Å². The molecule has 140 valence electrons. The summed E-state index contributed by atoms with van der Waals surface area (Å²) >= 11 is 0. The summed E-state index contributed by atoms with van der Waals surface area (Å²) < 4.78 is 0. The number of aromatic nitrogens is 3. The summed E-state index contributed by atoms with van der Waals surface area (Å²) in [6.07, 6.45) is 3.71. The van der Waals surface area contributed by atoms with Crippen molar-refractivity contribution in [2.75, 3.05) is 0 Å². The third kappa shape index (κ3) is 4.52. The number of pyridine rings is 3. The summed E-state index contributed by atoms with van der Waals surface area (Å²) in [6, 6.07) is 16.0. The Labute approximate surface area is 161 Å². The summed E-state index contributed by atoms with van der Waals surface area (Å²) in [5, 5.41) is 35.5. The maximum Gasteiger partial charge on any atom is 0.0918 e. The van der Waals surface area contributed by atoms with Crippen LogP contribution in [0.2, 0.25) is 0 Å². The molecule has 3 rings (SSSR count). The van der Waals surface area contributed by atoms with Crippen molar-refractivity contribution in [1.82, 2.24) is 15.0 Å². The van der Waals surface area contributed by atoms with Gasteiger partial charge in [0, 0.05) is 7.92 Å². The molecule has 0 bridgehead atoms. The predicted molar refractivity (Wildman–Crippen MR) is 107 cm³/mol. The van der Waals surface area contributed by atoms with Crippen LogP contribution in [-0.2, 0) is 0 Å². The normalized spacial score (nSPS) is 11.9. The molecule has 3 N–H and O–H groups in total. The molecule has 0 fully saturated rings. The lowest BCUT2D eigenvalue weighted by Gasteiger charge is -2.17. The highest BCUT2D eigenvalue weighted by Crippen LogP contribution is 2.30. The average molecular weight is 394 g/mol. The van der Waals surface area contributed by atoms with Gasteiger partial charge in [0.05, 0.1) is 52.0 Å². The van der Waals surface area contributed by atoms with Gasteiger partial charge in [-0.3, -0.25) is 0 Å². The molecule has 0 atom stereocenters. The molecule has 3 aromatic heterocycles. The molecule has 0 saturated carbocycles. The highest BCUT2D eigenvalue weighted by molar-refractivity contribution is 7.79. The molecule has 28 heavy (non-hydrogen) atoms. The first-order valence-corrected chi connectivity index (χ1v) is 9.33. The molecular weight excluding hydrogens is 379 g/mol. The van der Waals surface area contributed by atoms with Crippen LogP contribution >= 0.6 is 7.92 Å². The van der Waals surface area contributed by atoms with Gasteiger partial charge < -0.3 is 15.6 Å². The monoisotopic (exact) mass is 394 g/mol. The molecule has 3 aromatic rings. The summed E-state index contributed by atoms with van der Waals surface area (Å²) in [6.45, 7) is 0. The van der Waals surface area contributed by atoms with Crippen molar-refractivity contribution in [3.05, 3.63) is 71.7 Å². The van der Waals surface area contributed by atoms with Crippen LogP contribution in [0.1, 0.15) is 17.1 Å². The largest absolute Gasteiger partial charge is 0.411 e. The van der Waals surface area contributed by atoms with E-state index in [-0.39, 0.29) is 0 Å². The van der Waals surface area contributed by atoms with E-state index in [9.17, 15) is 0 Å². The van der Waals surface area contributed by atoms with Gasteiger partial charge in [0.25, 0.3) is 0 Å². The average Bonchev–Trinajstić information content (AvgIpc) is 2.70. The molecule has 0 spiro atoms. The first-order chi connectivity index (χ1) is 13.7. The molecule has 0 aliphatic carbocycles. The van der Waals surface area contributed by atoms with E-state index in [2.05, 4.69) is 30.4 Å². The fourth-order valence-corrected chi connectivity index (χ4v) is 4.49. The molecule has 0 saturated heterocycles. The van der Waals surface area contributed by atoms with Crippen LogP contribution < -0.4 is 16.3 Å². The number of nitrogens with zero attached hydrogens (tertiary/aromatic N) is 6. The quantitative estimate of drug-likeness (QED) is 0.247. The Kier molecular flexibility index (Phi) is 6.33. The number of hydrogen-bond acceptors (Lipinski definition) is 9. The van der Waals surface area contributed by atoms with Gasteiger partial charge >= 0.3 is 0 Å². The van der Waals surface area contributed by atoms with Gasteiger partial charge in [0.2, 0.25) is 0 Å². The van der Waals surface area contributed by atoms with Crippen molar-refractivity contribution < 1.29 is 15.6 Å². The standard InChI is InChI=1S/C18H15N6O3P/c25-19-10-13-4-1-7-16(22-13)28(17-8-2-5-14(23-17)11-20-26)18-9-3-6-15(24-18)12-21-27/h1-12,25-27H/b19-10+,20-11+,21-12+. The first-order valence-electron chi connectivity index (χ1n) is 7.99. The zero-order valence-electron chi connectivity index (χ0n) is 14.4. The van der Waals surface area contributed by atoms with E-state index in [0.717, 1.165) is 0 Å². The Balaban J connectivity index is 2.18. The van der Waals surface area contributed by atoms with Crippen molar-refractivity contribution in [1.29, 1.82) is 0 Å². The maximum absolute atomic E-state index is 8.81. The molecule has 0 amide bonds. The smallest absolute Gasteiger partial charge is 0.0918 e. The molecule has 0 aliphatic rings. The Bertz CT molecular complexity index is 909. The van der Waals surface area contributed by atoms with E-state index >= 15 is 0 Å². The van der Waals surface area contributed by atoms with E-state index in [1.54, 1.807) is 36.4 Å². The zero-order chi connectivity index (χ0) is 19.8. The predicted octanol–water partition coefficient (Wildman–Crippen LogP) is 1.05. The molecule has 0 aliphatic heterocycles. The highest BCUT2D eigenvalue weighted by atomic mass is 31.1. The third-order valence-corrected chi connectivity index (χ3v) is 5.65. The summed E-state index contributed by atoms with van der Waals surface area (Å²) in [5.74, 6) is 0. The van der Waals surface area contributed by atoms with E-state index in [1.165, 1.54) is 18.6 Å². The fourth-order valence-electron chi connectivity index (χ4n) is 2.44. The Morgan fingerprint density at radius 2 is 0.893 bits per heavy atom. The van der Waals surface area contributed by atoms with Gasteiger partial charge in [-0.05, 0) is 36.4 Å². The van der Waals surface area contributed by atoms with Crippen molar-refractivity contribution >= 4 is 42.9 Å². The van der Waals surface area contributed by atoms with Crippen molar-refractivity contribution in [2.45, 2.75) is 0 Å². The second kappa shape index (κ2) is 9.29. The van der Waals surface area contributed by atoms with E-state index < -0.39 is 7.92 Å². The van der Waals surface area contributed by atoms with Crippen LogP contribution in [0, 0.1) is 0 Å². The van der Waals surface area contributed by atoms with Crippen LogP contribution in [0.5, 0.6) is 0 Å². The fraction of sp³-hybridized carbons (Fsp3) is 0. The summed E-state index contributed by atoms with van der Waals surface area (Å²) in [7, 11) is -1.29. The number of oxime groups is 3. The second-order valence-corrected chi connectivity index (χ2v) is 7.38. The van der Waals surface area contributed by atoms with Gasteiger partial charge in [-0.2, -0.15) is 0 Å². The van der Waals surface area contributed by atoms with Crippen LogP contribution in [-0.4, -0.2) is 49.2 Å². The molecule has 3 heterocycles. The summed E-state index contributed by atoms with van der Waals surface area (Å²) in [4.78, 5) is 13.6. The zero-order valence-corrected chi connectivity index (χ0v) is 15.3. The minimum Gasteiger partial charge on any atom is -0.411 e. The Morgan fingerprint density at radius 3 is 1.18 bits per heavy atom. The van der Waals surface area contributed by atoms with Crippen molar-refractivity contribution in [2.24, 2.45) is 15.5 Å². The Morgan fingerprint density at radius 1 is 0.571 bits per heavy atom. The topological polar surface area (TPSA) is 136 Å². The number of rotatable bonds is 6. The lowest BCUT2D eigenvalue weighted by molar-refractivity contribution is 0.321. The molecule has 9 nitrogen and oxygen atoms in total. The molecule has 0 aromatic carbocycles. The lowest BCUT2D eigenvalue weighted by Crippen LogP contribution is -2.28. The van der Waals surface area contributed by atoms with E-state index in [0.29, 0.717) is 33.4 Å². The van der Waals surface area contributed by atoms with Gasteiger partial charge in [0.15, 0.2) is 0 Å². The van der Waals surface area contributed by atoms with Gasteiger partial charge in [-0.1, -0.05) is 33.7 Å². The van der Waals surface area contributed by atoms with Crippen LogP contribution in [0.3, 0.4) is 0 Å². The minimum absolute atomic E-state index is 0.480. The molecular formula is C18H15N6O3P. The van der Waals surface area contributed by atoms with Gasteiger partial charge in [-0.15, -0.1) is 0 Å². The van der Waals surface area contributed by atoms with Crippen LogP contribution in [0.25, 0.3) is 0 Å². The van der Waals surface area contributed by atoms with Crippen LogP contribution in [0.15, 0.2) is 70.1 Å². The number of hydrogen-bond donors (Lipinski definition) is 3.